The first kappa shape index (κ1) is 14.6. The van der Waals surface area contributed by atoms with Crippen molar-refractivity contribution in [2.75, 3.05) is 18.9 Å². The van der Waals surface area contributed by atoms with E-state index in [9.17, 15) is 8.42 Å². The highest BCUT2D eigenvalue weighted by Gasteiger charge is 2.38. The number of nitrogens with two attached hydrogens (primary N) is 1. The lowest BCUT2D eigenvalue weighted by molar-refractivity contribution is 0.250. The SMILES string of the molecule is Cc1cc(Cl)c(S(=O)(=O)N(CCO)C2CC2)cc1N. The summed E-state index contributed by atoms with van der Waals surface area (Å²) in [4.78, 5) is 0.0117. The zero-order chi connectivity index (χ0) is 14.2. The molecule has 0 radical (unpaired) electrons. The lowest BCUT2D eigenvalue weighted by Gasteiger charge is -2.22. The molecule has 7 heteroatoms. The molecule has 5 nitrogen and oxygen atoms in total. The molecule has 1 aromatic rings. The highest BCUT2D eigenvalue weighted by atomic mass is 35.5. The van der Waals surface area contributed by atoms with Gasteiger partial charge in [-0.3, -0.25) is 0 Å². The molecule has 0 bridgehead atoms. The molecular weight excluding hydrogens is 288 g/mol. The quantitative estimate of drug-likeness (QED) is 0.805. The van der Waals surface area contributed by atoms with Gasteiger partial charge in [-0.15, -0.1) is 0 Å². The van der Waals surface area contributed by atoms with E-state index >= 15 is 0 Å². The van der Waals surface area contributed by atoms with Gasteiger partial charge in [0.05, 0.1) is 11.6 Å². The molecule has 106 valence electrons. The van der Waals surface area contributed by atoms with Crippen molar-refractivity contribution in [3.63, 3.8) is 0 Å². The van der Waals surface area contributed by atoms with Crippen molar-refractivity contribution in [2.24, 2.45) is 0 Å². The maximum atomic E-state index is 12.6. The minimum Gasteiger partial charge on any atom is -0.398 e. The predicted molar refractivity (Wildman–Crippen MR) is 74.6 cm³/mol. The van der Waals surface area contributed by atoms with Crippen LogP contribution in [0.1, 0.15) is 18.4 Å². The monoisotopic (exact) mass is 304 g/mol. The predicted octanol–water partition coefficient (Wildman–Crippen LogP) is 1.38. The van der Waals surface area contributed by atoms with Gasteiger partial charge in [0.25, 0.3) is 0 Å². The number of benzene rings is 1. The Morgan fingerprint density at radius 2 is 2.11 bits per heavy atom. The van der Waals surface area contributed by atoms with Crippen molar-refractivity contribution in [1.29, 1.82) is 0 Å². The average molecular weight is 305 g/mol. The number of aryl methyl sites for hydroxylation is 1. The van der Waals surface area contributed by atoms with E-state index in [1.54, 1.807) is 13.0 Å². The Morgan fingerprint density at radius 3 is 2.63 bits per heavy atom. The fourth-order valence-electron chi connectivity index (χ4n) is 1.95. The number of nitrogens with zero attached hydrogens (tertiary/aromatic N) is 1. The molecule has 1 aliphatic carbocycles. The molecule has 1 aromatic carbocycles. The van der Waals surface area contributed by atoms with Crippen LogP contribution in [0.3, 0.4) is 0 Å². The van der Waals surface area contributed by atoms with E-state index in [1.807, 2.05) is 0 Å². The van der Waals surface area contributed by atoms with E-state index < -0.39 is 10.0 Å². The van der Waals surface area contributed by atoms with Crippen LogP contribution >= 0.6 is 11.6 Å². The van der Waals surface area contributed by atoms with Gasteiger partial charge in [-0.25, -0.2) is 8.42 Å². The fourth-order valence-corrected chi connectivity index (χ4v) is 4.22. The molecule has 0 aliphatic heterocycles. The second-order valence-electron chi connectivity index (χ2n) is 4.71. The number of hydrogen-bond acceptors (Lipinski definition) is 4. The number of anilines is 1. The second kappa shape index (κ2) is 5.28. The first-order chi connectivity index (χ1) is 8.87. The Balaban J connectivity index is 2.46. The second-order valence-corrected chi connectivity index (χ2v) is 6.98. The van der Waals surface area contributed by atoms with Gasteiger partial charge in [-0.1, -0.05) is 11.6 Å². The van der Waals surface area contributed by atoms with E-state index in [-0.39, 0.29) is 29.1 Å². The molecule has 0 unspecified atom stereocenters. The topological polar surface area (TPSA) is 83.6 Å². The number of hydrogen-bond donors (Lipinski definition) is 2. The minimum absolute atomic E-state index is 0.0117. The van der Waals surface area contributed by atoms with Gasteiger partial charge in [0, 0.05) is 18.3 Å². The molecule has 1 saturated carbocycles. The third-order valence-corrected chi connectivity index (χ3v) is 5.60. The summed E-state index contributed by atoms with van der Waals surface area (Å²) in [6, 6.07) is 2.91. The summed E-state index contributed by atoms with van der Waals surface area (Å²) in [6.45, 7) is 1.63. The highest BCUT2D eigenvalue weighted by Crippen LogP contribution is 2.35. The van der Waals surface area contributed by atoms with Gasteiger partial charge in [0.1, 0.15) is 4.90 Å². The molecule has 0 atom stereocenters. The number of aliphatic hydroxyl groups is 1. The van der Waals surface area contributed by atoms with Crippen molar-refractivity contribution in [2.45, 2.75) is 30.7 Å². The summed E-state index contributed by atoms with van der Waals surface area (Å²) < 4.78 is 26.4. The van der Waals surface area contributed by atoms with Gasteiger partial charge in [0.15, 0.2) is 0 Å². The molecule has 19 heavy (non-hydrogen) atoms. The summed E-state index contributed by atoms with van der Waals surface area (Å²) >= 11 is 6.03. The summed E-state index contributed by atoms with van der Waals surface area (Å²) in [7, 11) is -3.71. The number of sulfonamides is 1. The van der Waals surface area contributed by atoms with E-state index in [2.05, 4.69) is 0 Å². The minimum atomic E-state index is -3.71. The normalized spacial score (nSPS) is 16.0. The zero-order valence-electron chi connectivity index (χ0n) is 10.6. The van der Waals surface area contributed by atoms with Gasteiger partial charge >= 0.3 is 0 Å². The van der Waals surface area contributed by atoms with Crippen molar-refractivity contribution >= 4 is 27.3 Å². The van der Waals surface area contributed by atoms with Gasteiger partial charge < -0.3 is 10.8 Å². The number of nitrogen functional groups attached to an aromatic ring is 1. The van der Waals surface area contributed by atoms with Crippen LogP contribution in [0.2, 0.25) is 5.02 Å². The Kier molecular flexibility index (Phi) is 4.06. The van der Waals surface area contributed by atoms with E-state index in [0.29, 0.717) is 5.69 Å². The summed E-state index contributed by atoms with van der Waals surface area (Å²) in [5.74, 6) is 0. The lowest BCUT2D eigenvalue weighted by atomic mass is 10.2. The molecule has 1 fully saturated rings. The number of halogens is 1. The van der Waals surface area contributed by atoms with Crippen molar-refractivity contribution in [3.05, 3.63) is 22.7 Å². The maximum absolute atomic E-state index is 12.6. The zero-order valence-corrected chi connectivity index (χ0v) is 12.2. The van der Waals surface area contributed by atoms with Gasteiger partial charge in [-0.05, 0) is 37.5 Å². The van der Waals surface area contributed by atoms with Gasteiger partial charge in [-0.2, -0.15) is 4.31 Å². The van der Waals surface area contributed by atoms with Crippen LogP contribution in [0.4, 0.5) is 5.69 Å². The van der Waals surface area contributed by atoms with Crippen LogP contribution in [-0.2, 0) is 10.0 Å². The standard InChI is InChI=1S/C12H17ClN2O3S/c1-8-6-10(13)12(7-11(8)14)19(17,18)15(4-5-16)9-2-3-9/h6-7,9,16H,2-5,14H2,1H3. The smallest absolute Gasteiger partial charge is 0.244 e. The maximum Gasteiger partial charge on any atom is 0.244 e. The number of rotatable bonds is 5. The Hall–Kier alpha value is -0.820. The molecule has 3 N–H and O–H groups in total. The fraction of sp³-hybridized carbons (Fsp3) is 0.500. The lowest BCUT2D eigenvalue weighted by Crippen LogP contribution is -2.35. The van der Waals surface area contributed by atoms with Crippen molar-refractivity contribution in [3.8, 4) is 0 Å². The van der Waals surface area contributed by atoms with Crippen LogP contribution in [-0.4, -0.2) is 37.0 Å². The van der Waals surface area contributed by atoms with Crippen LogP contribution in [0.15, 0.2) is 17.0 Å². The Bertz CT molecular complexity index is 585. The molecule has 1 aliphatic rings. The first-order valence-corrected chi connectivity index (χ1v) is 7.88. The Labute approximate surface area is 118 Å². The molecule has 0 aromatic heterocycles. The summed E-state index contributed by atoms with van der Waals surface area (Å²) in [5, 5.41) is 9.19. The van der Waals surface area contributed by atoms with Gasteiger partial charge in [0.2, 0.25) is 10.0 Å². The van der Waals surface area contributed by atoms with Crippen LogP contribution in [0.25, 0.3) is 0 Å². The third kappa shape index (κ3) is 2.86. The van der Waals surface area contributed by atoms with Crippen LogP contribution < -0.4 is 5.73 Å². The van der Waals surface area contributed by atoms with Crippen LogP contribution in [0, 0.1) is 6.92 Å². The van der Waals surface area contributed by atoms with Crippen LogP contribution in [0.5, 0.6) is 0 Å². The third-order valence-electron chi connectivity index (χ3n) is 3.18. The largest absolute Gasteiger partial charge is 0.398 e. The highest BCUT2D eigenvalue weighted by molar-refractivity contribution is 7.89. The Morgan fingerprint density at radius 1 is 1.47 bits per heavy atom. The van der Waals surface area contributed by atoms with Crippen molar-refractivity contribution < 1.29 is 13.5 Å². The van der Waals surface area contributed by atoms with E-state index in [0.717, 1.165) is 18.4 Å². The molecule has 2 rings (SSSR count). The molecule has 0 spiro atoms. The number of aliphatic hydroxyl groups excluding tert-OH is 1. The van der Waals surface area contributed by atoms with E-state index in [4.69, 9.17) is 22.4 Å². The molecule has 0 amide bonds. The van der Waals surface area contributed by atoms with E-state index in [1.165, 1.54) is 10.4 Å². The molecule has 0 saturated heterocycles. The average Bonchev–Trinajstić information content (AvgIpc) is 3.14. The first-order valence-electron chi connectivity index (χ1n) is 6.06. The summed E-state index contributed by atoms with van der Waals surface area (Å²) in [5.41, 5.74) is 6.89. The molecular formula is C12H17ClN2O3S. The summed E-state index contributed by atoms with van der Waals surface area (Å²) in [6.07, 6.45) is 1.64. The molecule has 0 heterocycles. The van der Waals surface area contributed by atoms with Crippen molar-refractivity contribution in [1.82, 2.24) is 4.31 Å².